The third-order valence-corrected chi connectivity index (χ3v) is 1.01. The molecule has 0 spiro atoms. The first-order valence-electron chi connectivity index (χ1n) is 2.39. The van der Waals surface area contributed by atoms with Crippen molar-refractivity contribution >= 4 is 5.97 Å². The number of carboxylic acid groups (broad SMARTS) is 1. The van der Waals surface area contributed by atoms with E-state index in [9.17, 15) is 9.90 Å². The molecule has 0 aliphatic rings. The van der Waals surface area contributed by atoms with Crippen LogP contribution in [0, 0.1) is 5.92 Å². The van der Waals surface area contributed by atoms with E-state index in [0.29, 0.717) is 6.42 Å². The molecular weight excluding hydrogens is 156 g/mol. The molecule has 0 radical (unpaired) electrons. The normalized spacial score (nSPS) is 11.8. The Bertz CT molecular complexity index is 72.8. The second kappa shape index (κ2) is 5.13. The zero-order valence-electron chi connectivity index (χ0n) is 4.90. The molecule has 0 heterocycles. The zero-order chi connectivity index (χ0) is 5.86. The Balaban J connectivity index is 0. The monoisotopic (exact) mass is 164 g/mol. The predicted molar refractivity (Wildman–Crippen MR) is 24.5 cm³/mol. The van der Waals surface area contributed by atoms with E-state index >= 15 is 0 Å². The molecule has 0 amide bonds. The smallest absolute Gasteiger partial charge is 0.550 e. The van der Waals surface area contributed by atoms with Gasteiger partial charge in [0.2, 0.25) is 0 Å². The van der Waals surface area contributed by atoms with Crippen molar-refractivity contribution in [1.29, 1.82) is 0 Å². The van der Waals surface area contributed by atoms with Crippen LogP contribution in [0.15, 0.2) is 0 Å². The minimum Gasteiger partial charge on any atom is -0.550 e. The van der Waals surface area contributed by atoms with Gasteiger partial charge in [-0.3, -0.25) is 0 Å². The van der Waals surface area contributed by atoms with Crippen LogP contribution < -0.4 is 5.11 Å². The largest absolute Gasteiger partial charge is 1.00 e. The van der Waals surface area contributed by atoms with Crippen LogP contribution >= 0.6 is 0 Å². The number of aliphatic carboxylic acids is 1. The molecule has 2 nitrogen and oxygen atoms in total. The maximum Gasteiger partial charge on any atom is 1.00 e. The molecule has 0 aromatic rings. The van der Waals surface area contributed by atoms with Crippen molar-refractivity contribution in [3.8, 4) is 0 Å². The molecule has 0 aromatic carbocycles. The van der Waals surface area contributed by atoms with Crippen LogP contribution in [0.1, 0.15) is 20.3 Å². The van der Waals surface area contributed by atoms with Gasteiger partial charge in [0, 0.05) is 5.97 Å². The van der Waals surface area contributed by atoms with Crippen molar-refractivity contribution in [3.63, 3.8) is 0 Å². The van der Waals surface area contributed by atoms with Gasteiger partial charge < -0.3 is 9.90 Å². The Kier molecular flexibility index (Phi) is 6.98. The van der Waals surface area contributed by atoms with Crippen LogP contribution in [-0.2, 0) is 21.9 Å². The molecule has 1 unspecified atom stereocenters. The average Bonchev–Trinajstić information content (AvgIpc) is 1.65. The Morgan fingerprint density at radius 2 is 2.12 bits per heavy atom. The molecule has 0 saturated heterocycles. The van der Waals surface area contributed by atoms with E-state index < -0.39 is 5.97 Å². The molecule has 0 fully saturated rings. The van der Waals surface area contributed by atoms with Crippen molar-refractivity contribution in [2.75, 3.05) is 0 Å². The molecule has 0 saturated carbocycles. The number of hydrogen-bond donors (Lipinski definition) is 0. The molecule has 52 valence electrons. The van der Waals surface area contributed by atoms with Crippen molar-refractivity contribution in [2.45, 2.75) is 20.3 Å². The topological polar surface area (TPSA) is 40.1 Å². The van der Waals surface area contributed by atoms with Gasteiger partial charge in [-0.2, -0.15) is 0 Å². The van der Waals surface area contributed by atoms with Gasteiger partial charge >= 0.3 is 17.1 Å². The van der Waals surface area contributed by atoms with Crippen LogP contribution in [-0.4, -0.2) is 5.97 Å². The Morgan fingerprint density at radius 3 is 2.12 bits per heavy atom. The van der Waals surface area contributed by atoms with Crippen LogP contribution in [0.5, 0.6) is 0 Å². The molecular formula is C5H9CuO2. The number of carboxylic acids is 1. The van der Waals surface area contributed by atoms with E-state index in [2.05, 4.69) is 0 Å². The standard InChI is InChI=1S/C5H10O2.Cu/c1-3-4(2)5(6)7;/h4H,3H2,1-2H3,(H,6,7);/q;+1/p-1. The quantitative estimate of drug-likeness (QED) is 0.530. The predicted octanol–water partition coefficient (Wildman–Crippen LogP) is -0.220. The van der Waals surface area contributed by atoms with Crippen LogP contribution in [0.25, 0.3) is 0 Å². The van der Waals surface area contributed by atoms with Gasteiger partial charge in [0.1, 0.15) is 0 Å². The summed E-state index contributed by atoms with van der Waals surface area (Å²) in [4.78, 5) is 9.82. The SMILES string of the molecule is CCC(C)C(=O)[O-].[Cu+]. The average molecular weight is 165 g/mol. The molecule has 0 rings (SSSR count). The third kappa shape index (κ3) is 4.16. The fourth-order valence-corrected chi connectivity index (χ4v) is 0.167. The number of carbonyl (C=O) groups is 1. The minimum atomic E-state index is -0.956. The van der Waals surface area contributed by atoms with Crippen molar-refractivity contribution < 1.29 is 27.0 Å². The minimum absolute atomic E-state index is 0. The molecule has 8 heavy (non-hydrogen) atoms. The Labute approximate surface area is 59.8 Å². The third-order valence-electron chi connectivity index (χ3n) is 1.01. The summed E-state index contributed by atoms with van der Waals surface area (Å²) in [6.07, 6.45) is 0.655. The first kappa shape index (κ1) is 10.9. The molecule has 3 heteroatoms. The number of hydrogen-bond acceptors (Lipinski definition) is 2. The number of carbonyl (C=O) groups excluding carboxylic acids is 1. The van der Waals surface area contributed by atoms with Gasteiger partial charge in [0.05, 0.1) is 0 Å². The second-order valence-corrected chi connectivity index (χ2v) is 1.63. The first-order chi connectivity index (χ1) is 3.18. The molecule has 0 bridgehead atoms. The fourth-order valence-electron chi connectivity index (χ4n) is 0.167. The van der Waals surface area contributed by atoms with Crippen LogP contribution in [0.4, 0.5) is 0 Å². The zero-order valence-corrected chi connectivity index (χ0v) is 5.84. The molecule has 0 aliphatic carbocycles. The summed E-state index contributed by atoms with van der Waals surface area (Å²) >= 11 is 0. The van der Waals surface area contributed by atoms with Gasteiger partial charge in [0.25, 0.3) is 0 Å². The summed E-state index contributed by atoms with van der Waals surface area (Å²) in [7, 11) is 0. The van der Waals surface area contributed by atoms with E-state index in [4.69, 9.17) is 0 Å². The first-order valence-corrected chi connectivity index (χ1v) is 2.39. The summed E-state index contributed by atoms with van der Waals surface area (Å²) in [5.74, 6) is -1.25. The van der Waals surface area contributed by atoms with Crippen LogP contribution in [0.3, 0.4) is 0 Å². The van der Waals surface area contributed by atoms with Gasteiger partial charge in [-0.1, -0.05) is 13.8 Å². The van der Waals surface area contributed by atoms with E-state index in [0.717, 1.165) is 0 Å². The number of rotatable bonds is 2. The van der Waals surface area contributed by atoms with Gasteiger partial charge in [0.15, 0.2) is 0 Å². The van der Waals surface area contributed by atoms with Crippen molar-refractivity contribution in [1.82, 2.24) is 0 Å². The van der Waals surface area contributed by atoms with E-state index in [1.165, 1.54) is 0 Å². The summed E-state index contributed by atoms with van der Waals surface area (Å²) in [6.45, 7) is 3.45. The summed E-state index contributed by atoms with van der Waals surface area (Å²) in [6, 6.07) is 0. The van der Waals surface area contributed by atoms with Gasteiger partial charge in [-0.05, 0) is 12.3 Å². The maximum absolute atomic E-state index is 9.82. The molecule has 0 aliphatic heterocycles. The fraction of sp³-hybridized carbons (Fsp3) is 0.800. The summed E-state index contributed by atoms with van der Waals surface area (Å²) in [5.41, 5.74) is 0. The maximum atomic E-state index is 9.82. The van der Waals surface area contributed by atoms with E-state index in [1.807, 2.05) is 6.92 Å². The van der Waals surface area contributed by atoms with Crippen molar-refractivity contribution in [3.05, 3.63) is 0 Å². The molecule has 0 aromatic heterocycles. The summed E-state index contributed by atoms with van der Waals surface area (Å²) < 4.78 is 0. The van der Waals surface area contributed by atoms with Gasteiger partial charge in [-0.25, -0.2) is 0 Å². The Hall–Kier alpha value is -0.0105. The molecule has 1 atom stereocenters. The van der Waals surface area contributed by atoms with Gasteiger partial charge in [-0.15, -0.1) is 0 Å². The summed E-state index contributed by atoms with van der Waals surface area (Å²) in [5, 5.41) is 9.82. The second-order valence-electron chi connectivity index (χ2n) is 1.63. The molecule has 0 N–H and O–H groups in total. The van der Waals surface area contributed by atoms with Crippen LogP contribution in [0.2, 0.25) is 0 Å². The van der Waals surface area contributed by atoms with Crippen molar-refractivity contribution in [2.24, 2.45) is 5.92 Å². The Morgan fingerprint density at radius 1 is 1.75 bits per heavy atom. The van der Waals surface area contributed by atoms with E-state index in [1.54, 1.807) is 6.92 Å². The van der Waals surface area contributed by atoms with E-state index in [-0.39, 0.29) is 23.0 Å².